The van der Waals surface area contributed by atoms with Crippen molar-refractivity contribution in [1.82, 2.24) is 53.2 Å². The molecule has 2 heterocycles. The first-order chi connectivity index (χ1) is 40.1. The first kappa shape index (κ1) is 73.2. The Morgan fingerprint density at radius 1 is 0.412 bits per heavy atom. The van der Waals surface area contributed by atoms with E-state index in [2.05, 4.69) is 53.2 Å². The molecule has 0 aromatic carbocycles. The highest BCUT2D eigenvalue weighted by Crippen LogP contribution is 2.15. The fourth-order valence-corrected chi connectivity index (χ4v) is 10.3. The van der Waals surface area contributed by atoms with E-state index >= 15 is 0 Å². The second kappa shape index (κ2) is 38.9. The van der Waals surface area contributed by atoms with E-state index in [1.165, 1.54) is 0 Å². The molecule has 0 saturated carbocycles. The third-order valence-corrected chi connectivity index (χ3v) is 15.0. The summed E-state index contributed by atoms with van der Waals surface area (Å²) in [6.45, 7) is 0.401. The fraction of sp³-hybridized carbons (Fsp3) is 0.673. The molecule has 0 radical (unpaired) electrons. The molecule has 36 heteroatoms. The molecule has 0 bridgehead atoms. The van der Waals surface area contributed by atoms with Crippen LogP contribution in [0.2, 0.25) is 0 Å². The predicted octanol–water partition coefficient (Wildman–Crippen LogP) is -5.62. The van der Waals surface area contributed by atoms with Crippen LogP contribution in [0.3, 0.4) is 0 Å². The Labute approximate surface area is 494 Å². The number of carbonyl (C=O) groups is 16. The minimum Gasteiger partial charge on any atom is -0.481 e. The maximum atomic E-state index is 13.8. The Kier molecular flexibility index (Phi) is 33.5. The molecule has 0 aliphatic carbocycles. The zero-order valence-electron chi connectivity index (χ0n) is 46.2. The minimum atomic E-state index is -1.98. The number of hydrogen-bond donors (Lipinski definition) is 18. The molecule has 476 valence electrons. The van der Waals surface area contributed by atoms with Crippen LogP contribution in [-0.4, -0.2) is 222 Å². The first-order valence-corrected chi connectivity index (χ1v) is 29.4. The number of amides is 10. The van der Waals surface area contributed by atoms with Crippen LogP contribution >= 0.6 is 23.5 Å². The molecule has 20 N–H and O–H groups in total. The maximum Gasteiger partial charge on any atom is 0.326 e. The van der Waals surface area contributed by atoms with Gasteiger partial charge >= 0.3 is 35.8 Å². The second-order valence-corrected chi connectivity index (χ2v) is 21.9. The van der Waals surface area contributed by atoms with Crippen molar-refractivity contribution in [2.24, 2.45) is 11.5 Å². The van der Waals surface area contributed by atoms with Gasteiger partial charge in [0.2, 0.25) is 59.1 Å². The van der Waals surface area contributed by atoms with Crippen molar-refractivity contribution in [3.8, 4) is 0 Å². The number of carboxylic acids is 6. The van der Waals surface area contributed by atoms with Crippen LogP contribution in [-0.2, 0) is 76.7 Å². The molecule has 0 aromatic heterocycles. The van der Waals surface area contributed by atoms with E-state index in [0.717, 1.165) is 23.5 Å². The molecular formula is C49H76N12O22S2. The number of hydrogen-bond acceptors (Lipinski definition) is 20. The van der Waals surface area contributed by atoms with Crippen LogP contribution in [0.15, 0.2) is 0 Å². The highest BCUT2D eigenvalue weighted by molar-refractivity contribution is 8.00. The zero-order valence-corrected chi connectivity index (χ0v) is 47.9. The van der Waals surface area contributed by atoms with Crippen molar-refractivity contribution in [3.63, 3.8) is 0 Å². The molecule has 2 fully saturated rings. The quantitative estimate of drug-likeness (QED) is 0.0253. The maximum absolute atomic E-state index is 13.8. The standard InChI is InChI=1S/C49H76N12O22S2/c50-16-3-1-6-28(48(80)81)56-46(78)32(60-44(76)30(20-38(68)69)58-42(74)26(10-14-36(64)65)54-40(72)24-8-12-34(62)52-24)22-84-18-5-19-85-23-33(47(79)57-29(49(82)83)7-2-4-17-51)61-45(77)31(21-39(70)71)59-43(75)27(11-15-37(66)67)55-41(73)25-9-13-35(63)53-25/h24-33H,1-23,50-51H2,(H,52,62)(H,53,63)(H,54,72)(H,55,73)(H,56,78)(H,57,79)(H,58,74)(H,59,75)(H,60,76)(H,61,77)(H,64,65)(H,66,67)(H,68,69)(H,70,71)(H,80,81)(H,82,83)/t24-,25-,26-,27-,28-,29-,30-,31-,32-,33-/m0/s1. The lowest BCUT2D eigenvalue weighted by atomic mass is 10.1. The van der Waals surface area contributed by atoms with Crippen molar-refractivity contribution in [3.05, 3.63) is 0 Å². The number of carboxylic acid groups (broad SMARTS) is 6. The summed E-state index contributed by atoms with van der Waals surface area (Å²) in [4.78, 5) is 203. The Balaban J connectivity index is 2.35. The molecule has 0 aromatic rings. The number of aliphatic carboxylic acids is 6. The van der Waals surface area contributed by atoms with Gasteiger partial charge < -0.3 is 95.3 Å². The summed E-state index contributed by atoms with van der Waals surface area (Å²) in [5.74, 6) is -19.0. The average molecular weight is 1250 g/mol. The predicted molar refractivity (Wildman–Crippen MR) is 296 cm³/mol. The summed E-state index contributed by atoms with van der Waals surface area (Å²) in [5, 5.41) is 80.8. The van der Waals surface area contributed by atoms with Gasteiger partial charge in [-0.15, -0.1) is 0 Å². The lowest BCUT2D eigenvalue weighted by Gasteiger charge is -2.26. The van der Waals surface area contributed by atoms with Crippen LogP contribution < -0.4 is 64.6 Å². The highest BCUT2D eigenvalue weighted by Gasteiger charge is 2.37. The van der Waals surface area contributed by atoms with E-state index in [-0.39, 0.29) is 93.9 Å². The van der Waals surface area contributed by atoms with Gasteiger partial charge in [0.15, 0.2) is 0 Å². The van der Waals surface area contributed by atoms with Crippen LogP contribution in [0.5, 0.6) is 0 Å². The van der Waals surface area contributed by atoms with Gasteiger partial charge in [0.1, 0.15) is 60.4 Å². The minimum absolute atomic E-state index is 0.0149. The van der Waals surface area contributed by atoms with Crippen LogP contribution in [0.4, 0.5) is 0 Å². The number of carbonyl (C=O) groups excluding carboxylic acids is 10. The van der Waals surface area contributed by atoms with Gasteiger partial charge in [-0.3, -0.25) is 67.1 Å². The number of nitrogens with one attached hydrogen (secondary N) is 10. The van der Waals surface area contributed by atoms with E-state index in [4.69, 9.17) is 11.5 Å². The highest BCUT2D eigenvalue weighted by atomic mass is 32.2. The summed E-state index contributed by atoms with van der Waals surface area (Å²) < 4.78 is 0. The fourth-order valence-electron chi connectivity index (χ4n) is 8.17. The Morgan fingerprint density at radius 2 is 0.729 bits per heavy atom. The van der Waals surface area contributed by atoms with E-state index < -0.39 is 194 Å². The molecule has 0 spiro atoms. The number of unbranched alkanes of at least 4 members (excludes halogenated alkanes) is 2. The molecular weight excluding hydrogens is 1170 g/mol. The van der Waals surface area contributed by atoms with Crippen molar-refractivity contribution in [2.45, 2.75) is 170 Å². The lowest BCUT2D eigenvalue weighted by molar-refractivity contribution is -0.143. The SMILES string of the molecule is NCCCC[C@H](NC(=O)[C@H](CSCCCSC[C@H](NC(=O)[C@H](CC(=O)O)NC(=O)[C@H](CCC(=O)O)NC(=O)[C@@H]1CCC(=O)N1)C(=O)N[C@@H](CCCCN)C(=O)O)NC(=O)[C@H](CC(=O)O)NC(=O)[C@H](CCC(=O)O)NC(=O)[C@@H]1CCC(=O)N1)C(=O)O. The normalized spacial score (nSPS) is 17.2. The van der Waals surface area contributed by atoms with E-state index in [9.17, 15) is 107 Å². The zero-order chi connectivity index (χ0) is 63.8. The van der Waals surface area contributed by atoms with Crippen LogP contribution in [0.1, 0.15) is 109 Å². The monoisotopic (exact) mass is 1250 g/mol. The molecule has 2 aliphatic rings. The summed E-state index contributed by atoms with van der Waals surface area (Å²) in [5.41, 5.74) is 11.1. The van der Waals surface area contributed by atoms with Gasteiger partial charge in [-0.05, 0) is 95.2 Å². The number of rotatable bonds is 44. The molecule has 2 rings (SSSR count). The Bertz CT molecular complexity index is 2260. The Morgan fingerprint density at radius 3 is 1.02 bits per heavy atom. The van der Waals surface area contributed by atoms with E-state index in [0.29, 0.717) is 12.8 Å². The summed E-state index contributed by atoms with van der Waals surface area (Å²) >= 11 is 2.01. The van der Waals surface area contributed by atoms with E-state index in [1.54, 1.807) is 0 Å². The second-order valence-electron chi connectivity index (χ2n) is 19.6. The first-order valence-electron chi connectivity index (χ1n) is 27.1. The number of thioether (sulfide) groups is 2. The summed E-state index contributed by atoms with van der Waals surface area (Å²) in [6, 6.07) is -15.7. The van der Waals surface area contributed by atoms with Gasteiger partial charge in [-0.1, -0.05) is 0 Å². The average Bonchev–Trinajstić information content (AvgIpc) is 4.12. The van der Waals surface area contributed by atoms with Crippen LogP contribution in [0, 0.1) is 0 Å². The van der Waals surface area contributed by atoms with Crippen molar-refractivity contribution in [1.29, 1.82) is 0 Å². The van der Waals surface area contributed by atoms with Gasteiger partial charge in [-0.2, -0.15) is 23.5 Å². The van der Waals surface area contributed by atoms with E-state index in [1.807, 2.05) is 0 Å². The van der Waals surface area contributed by atoms with Gasteiger partial charge in [0.25, 0.3) is 0 Å². The van der Waals surface area contributed by atoms with Crippen molar-refractivity contribution in [2.75, 3.05) is 36.1 Å². The molecule has 2 saturated heterocycles. The number of nitrogens with two attached hydrogens (primary N) is 2. The molecule has 34 nitrogen and oxygen atoms in total. The van der Waals surface area contributed by atoms with Crippen LogP contribution in [0.25, 0.3) is 0 Å². The van der Waals surface area contributed by atoms with Crippen molar-refractivity contribution >= 4 is 118 Å². The third kappa shape index (κ3) is 29.0. The largest absolute Gasteiger partial charge is 0.481 e. The lowest BCUT2D eigenvalue weighted by Crippen LogP contribution is -2.59. The topological polar surface area (TPSA) is 567 Å². The third-order valence-electron chi connectivity index (χ3n) is 12.7. The molecule has 0 unspecified atom stereocenters. The molecule has 10 atom stereocenters. The Hall–Kier alpha value is -7.86. The molecule has 85 heavy (non-hydrogen) atoms. The smallest absolute Gasteiger partial charge is 0.326 e. The summed E-state index contributed by atoms with van der Waals surface area (Å²) in [7, 11) is 0. The molecule has 2 aliphatic heterocycles. The van der Waals surface area contributed by atoms with Gasteiger partial charge in [-0.25, -0.2) is 9.59 Å². The summed E-state index contributed by atoms with van der Waals surface area (Å²) in [6.07, 6.45) is -3.27. The molecule has 10 amide bonds. The van der Waals surface area contributed by atoms with Gasteiger partial charge in [0, 0.05) is 37.2 Å². The van der Waals surface area contributed by atoms with Gasteiger partial charge in [0.05, 0.1) is 12.8 Å². The van der Waals surface area contributed by atoms with Crippen molar-refractivity contribution < 1.29 is 107 Å².